The molecule has 1 aromatic rings. The average molecular weight is 277 g/mol. The number of carbonyl (C=O) groups is 1. The van der Waals surface area contributed by atoms with E-state index in [0.717, 1.165) is 24.8 Å². The lowest BCUT2D eigenvalue weighted by atomic mass is 10.1. The number of nitrogens with two attached hydrogens (primary N) is 1. The second-order valence-electron chi connectivity index (χ2n) is 4.97. The van der Waals surface area contributed by atoms with Crippen molar-refractivity contribution in [1.29, 1.82) is 0 Å². The van der Waals surface area contributed by atoms with E-state index in [4.69, 9.17) is 10.9 Å². The normalized spacial score (nSPS) is 13.0. The summed E-state index contributed by atoms with van der Waals surface area (Å²) in [6, 6.07) is 7.29. The van der Waals surface area contributed by atoms with E-state index in [2.05, 4.69) is 17.4 Å². The highest BCUT2D eigenvalue weighted by molar-refractivity contribution is 5.97. The van der Waals surface area contributed by atoms with Crippen molar-refractivity contribution in [1.82, 2.24) is 5.32 Å². The standard InChI is InChI=1S/C15H23N3O2/c1-3-4-5-11(2)17-14(19)10-12-6-8-13(9-7-12)15(16)18-20/h6-9,11,20H,3-5,10H2,1-2H3,(H2,16,18)(H,17,19). The van der Waals surface area contributed by atoms with Crippen molar-refractivity contribution >= 4 is 11.7 Å². The molecule has 0 aliphatic carbocycles. The number of unbranched alkanes of at least 4 members (excludes halogenated alkanes) is 1. The zero-order chi connectivity index (χ0) is 15.0. The van der Waals surface area contributed by atoms with Gasteiger partial charge in [-0.3, -0.25) is 4.79 Å². The van der Waals surface area contributed by atoms with Crippen molar-refractivity contribution < 1.29 is 10.0 Å². The van der Waals surface area contributed by atoms with Crippen LogP contribution in [0.25, 0.3) is 0 Å². The van der Waals surface area contributed by atoms with Gasteiger partial charge in [-0.05, 0) is 18.9 Å². The lowest BCUT2D eigenvalue weighted by Gasteiger charge is -2.13. The summed E-state index contributed by atoms with van der Waals surface area (Å²) < 4.78 is 0. The minimum Gasteiger partial charge on any atom is -0.409 e. The summed E-state index contributed by atoms with van der Waals surface area (Å²) in [7, 11) is 0. The highest BCUT2D eigenvalue weighted by Crippen LogP contribution is 2.06. The monoisotopic (exact) mass is 277 g/mol. The molecule has 0 saturated heterocycles. The molecule has 4 N–H and O–H groups in total. The fraction of sp³-hybridized carbons (Fsp3) is 0.467. The van der Waals surface area contributed by atoms with Crippen LogP contribution in [0.4, 0.5) is 0 Å². The highest BCUT2D eigenvalue weighted by atomic mass is 16.4. The molecule has 1 amide bonds. The van der Waals surface area contributed by atoms with Gasteiger partial charge in [0.2, 0.25) is 5.91 Å². The average Bonchev–Trinajstić information content (AvgIpc) is 2.45. The number of carbonyl (C=O) groups excluding carboxylic acids is 1. The Morgan fingerprint density at radius 1 is 1.40 bits per heavy atom. The molecule has 0 fully saturated rings. The van der Waals surface area contributed by atoms with Crippen LogP contribution in [0.15, 0.2) is 29.4 Å². The lowest BCUT2D eigenvalue weighted by Crippen LogP contribution is -2.33. The summed E-state index contributed by atoms with van der Waals surface area (Å²) >= 11 is 0. The molecule has 0 aliphatic heterocycles. The molecular formula is C15H23N3O2. The number of rotatable bonds is 7. The molecule has 1 unspecified atom stereocenters. The van der Waals surface area contributed by atoms with Gasteiger partial charge in [0.25, 0.3) is 0 Å². The number of nitrogens with zero attached hydrogens (tertiary/aromatic N) is 1. The second-order valence-corrected chi connectivity index (χ2v) is 4.97. The number of oxime groups is 1. The number of hydrogen-bond acceptors (Lipinski definition) is 3. The van der Waals surface area contributed by atoms with Gasteiger partial charge >= 0.3 is 0 Å². The summed E-state index contributed by atoms with van der Waals surface area (Å²) in [5.41, 5.74) is 7.01. The Labute approximate surface area is 119 Å². The number of nitrogens with one attached hydrogen (secondary N) is 1. The molecule has 5 heteroatoms. The molecule has 5 nitrogen and oxygen atoms in total. The molecular weight excluding hydrogens is 254 g/mol. The van der Waals surface area contributed by atoms with Gasteiger partial charge in [0.1, 0.15) is 0 Å². The van der Waals surface area contributed by atoms with E-state index in [9.17, 15) is 4.79 Å². The van der Waals surface area contributed by atoms with Crippen LogP contribution in [-0.4, -0.2) is 23.0 Å². The predicted molar refractivity (Wildman–Crippen MR) is 79.8 cm³/mol. The summed E-state index contributed by atoms with van der Waals surface area (Å²) in [6.45, 7) is 4.16. The molecule has 1 aromatic carbocycles. The molecule has 0 heterocycles. The van der Waals surface area contributed by atoms with Crippen molar-refractivity contribution in [2.45, 2.75) is 45.6 Å². The first-order valence-electron chi connectivity index (χ1n) is 6.93. The van der Waals surface area contributed by atoms with Gasteiger partial charge in [-0.1, -0.05) is 49.2 Å². The summed E-state index contributed by atoms with van der Waals surface area (Å²) in [6.07, 6.45) is 3.60. The van der Waals surface area contributed by atoms with Crippen LogP contribution in [0.3, 0.4) is 0 Å². The largest absolute Gasteiger partial charge is 0.409 e. The van der Waals surface area contributed by atoms with Crippen LogP contribution in [0, 0.1) is 0 Å². The van der Waals surface area contributed by atoms with Crippen molar-refractivity contribution in [3.63, 3.8) is 0 Å². The van der Waals surface area contributed by atoms with Gasteiger partial charge in [0.05, 0.1) is 6.42 Å². The van der Waals surface area contributed by atoms with Crippen LogP contribution in [0.5, 0.6) is 0 Å². The number of hydrogen-bond donors (Lipinski definition) is 3. The third-order valence-corrected chi connectivity index (χ3v) is 3.12. The molecule has 110 valence electrons. The SMILES string of the molecule is CCCCC(C)NC(=O)Cc1ccc(C(N)=NO)cc1. The molecule has 0 aliphatic rings. The maximum absolute atomic E-state index is 11.9. The molecule has 0 spiro atoms. The van der Waals surface area contributed by atoms with E-state index in [0.29, 0.717) is 12.0 Å². The van der Waals surface area contributed by atoms with Crippen molar-refractivity contribution in [3.05, 3.63) is 35.4 Å². The Bertz CT molecular complexity index is 455. The fourth-order valence-corrected chi connectivity index (χ4v) is 1.94. The second kappa shape index (κ2) is 8.19. The van der Waals surface area contributed by atoms with Crippen LogP contribution in [0.1, 0.15) is 44.2 Å². The Morgan fingerprint density at radius 2 is 2.05 bits per heavy atom. The highest BCUT2D eigenvalue weighted by Gasteiger charge is 2.08. The molecule has 1 rings (SSSR count). The topological polar surface area (TPSA) is 87.7 Å². The van der Waals surface area contributed by atoms with E-state index in [1.165, 1.54) is 0 Å². The Hall–Kier alpha value is -2.04. The van der Waals surface area contributed by atoms with Crippen molar-refractivity contribution in [2.24, 2.45) is 10.9 Å². The first kappa shape index (κ1) is 16.0. The maximum atomic E-state index is 11.9. The number of benzene rings is 1. The predicted octanol–water partition coefficient (Wildman–Crippen LogP) is 2.02. The summed E-state index contributed by atoms with van der Waals surface area (Å²) in [4.78, 5) is 11.9. The van der Waals surface area contributed by atoms with Crippen LogP contribution >= 0.6 is 0 Å². The van der Waals surface area contributed by atoms with E-state index in [1.807, 2.05) is 19.1 Å². The van der Waals surface area contributed by atoms with Gasteiger partial charge < -0.3 is 16.3 Å². The van der Waals surface area contributed by atoms with Crippen LogP contribution in [0.2, 0.25) is 0 Å². The van der Waals surface area contributed by atoms with Gasteiger partial charge in [-0.15, -0.1) is 0 Å². The zero-order valence-corrected chi connectivity index (χ0v) is 12.1. The van der Waals surface area contributed by atoms with Gasteiger partial charge in [-0.2, -0.15) is 0 Å². The lowest BCUT2D eigenvalue weighted by molar-refractivity contribution is -0.121. The summed E-state index contributed by atoms with van der Waals surface area (Å²) in [5.74, 6) is 0.0827. The minimum atomic E-state index is 0.0187. The fourth-order valence-electron chi connectivity index (χ4n) is 1.94. The Morgan fingerprint density at radius 3 is 2.60 bits per heavy atom. The van der Waals surface area contributed by atoms with E-state index < -0.39 is 0 Å². The van der Waals surface area contributed by atoms with Crippen LogP contribution < -0.4 is 11.1 Å². The first-order chi connectivity index (χ1) is 9.56. The van der Waals surface area contributed by atoms with Crippen molar-refractivity contribution in [2.75, 3.05) is 0 Å². The Balaban J connectivity index is 2.50. The van der Waals surface area contributed by atoms with E-state index in [-0.39, 0.29) is 17.8 Å². The van der Waals surface area contributed by atoms with Gasteiger partial charge in [0, 0.05) is 11.6 Å². The van der Waals surface area contributed by atoms with Crippen LogP contribution in [-0.2, 0) is 11.2 Å². The van der Waals surface area contributed by atoms with Gasteiger partial charge in [0.15, 0.2) is 5.84 Å². The van der Waals surface area contributed by atoms with Crippen molar-refractivity contribution in [3.8, 4) is 0 Å². The quantitative estimate of drug-likeness (QED) is 0.308. The first-order valence-corrected chi connectivity index (χ1v) is 6.93. The van der Waals surface area contributed by atoms with Gasteiger partial charge in [-0.25, -0.2) is 0 Å². The number of amides is 1. The third kappa shape index (κ3) is 5.30. The zero-order valence-electron chi connectivity index (χ0n) is 12.1. The Kier molecular flexibility index (Phi) is 6.56. The minimum absolute atomic E-state index is 0.0187. The molecule has 0 aromatic heterocycles. The summed E-state index contributed by atoms with van der Waals surface area (Å²) in [5, 5.41) is 14.5. The molecule has 0 saturated carbocycles. The van der Waals surface area contributed by atoms with E-state index >= 15 is 0 Å². The maximum Gasteiger partial charge on any atom is 0.224 e. The molecule has 0 bridgehead atoms. The number of amidine groups is 1. The smallest absolute Gasteiger partial charge is 0.224 e. The third-order valence-electron chi connectivity index (χ3n) is 3.12. The van der Waals surface area contributed by atoms with E-state index in [1.54, 1.807) is 12.1 Å². The molecule has 0 radical (unpaired) electrons. The molecule has 1 atom stereocenters. The molecule has 20 heavy (non-hydrogen) atoms.